The topological polar surface area (TPSA) is 96.3 Å². The lowest BCUT2D eigenvalue weighted by Crippen LogP contribution is -2.07. The molecule has 2 aromatic heterocycles. The quantitative estimate of drug-likeness (QED) is 0.561. The average Bonchev–Trinajstić information content (AvgIpc) is 2.67. The van der Waals surface area contributed by atoms with Crippen LogP contribution in [0.1, 0.15) is 29.6 Å². The second-order valence-corrected chi connectivity index (χ2v) is 6.93. The van der Waals surface area contributed by atoms with E-state index in [1.807, 2.05) is 56.3 Å². The number of nitrogens with zero attached hydrogens (tertiary/aromatic N) is 2. The molecule has 1 aromatic carbocycles. The highest BCUT2D eigenvalue weighted by Gasteiger charge is 2.05. The van der Waals surface area contributed by atoms with Crippen molar-refractivity contribution >= 4 is 28.4 Å². The number of hydrogen-bond acceptors (Lipinski definition) is 6. The Balaban J connectivity index is 1.48. The number of fused-ring (bicyclic) bond motifs is 1. The number of ether oxygens (including phenoxy) is 2. The SMILES string of the molecule is CCc1c(N)cc(C)nc1/C=C\COCCOc1ccc2nc(C)cc(N)c2c1. The summed E-state index contributed by atoms with van der Waals surface area (Å²) in [6, 6.07) is 9.50. The molecule has 0 fully saturated rings. The Kier molecular flexibility index (Phi) is 6.67. The van der Waals surface area contributed by atoms with E-state index in [0.29, 0.717) is 25.5 Å². The number of anilines is 2. The standard InChI is InChI=1S/C23H28N4O2/c1-4-18-20(24)12-15(2)26-22(18)6-5-9-28-10-11-29-17-7-8-23-19(14-17)21(25)13-16(3)27-23/h5-8,12-14H,4,9-11H2,1-3H3,(H2,24,26)(H2,25,27)/b6-5-. The molecule has 0 aliphatic carbocycles. The smallest absolute Gasteiger partial charge is 0.120 e. The van der Waals surface area contributed by atoms with Gasteiger partial charge in [-0.15, -0.1) is 0 Å². The normalized spacial score (nSPS) is 11.4. The first-order chi connectivity index (χ1) is 14.0. The van der Waals surface area contributed by atoms with E-state index in [1.54, 1.807) is 0 Å². The Hall–Kier alpha value is -3.12. The molecular weight excluding hydrogens is 364 g/mol. The van der Waals surface area contributed by atoms with Gasteiger partial charge in [-0.2, -0.15) is 0 Å². The predicted octanol–water partition coefficient (Wildman–Crippen LogP) is 4.08. The van der Waals surface area contributed by atoms with Gasteiger partial charge in [-0.3, -0.25) is 9.97 Å². The summed E-state index contributed by atoms with van der Waals surface area (Å²) in [5.41, 5.74) is 18.3. The summed E-state index contributed by atoms with van der Waals surface area (Å²) in [6.45, 7) is 7.36. The lowest BCUT2D eigenvalue weighted by molar-refractivity contribution is 0.121. The van der Waals surface area contributed by atoms with Gasteiger partial charge in [0.15, 0.2) is 0 Å². The van der Waals surface area contributed by atoms with Crippen LogP contribution in [0.3, 0.4) is 0 Å². The fraction of sp³-hybridized carbons (Fsp3) is 0.304. The molecule has 0 aliphatic rings. The molecule has 0 bridgehead atoms. The summed E-state index contributed by atoms with van der Waals surface area (Å²) in [6.07, 6.45) is 4.76. The summed E-state index contributed by atoms with van der Waals surface area (Å²) < 4.78 is 11.4. The van der Waals surface area contributed by atoms with Gasteiger partial charge < -0.3 is 20.9 Å². The molecule has 0 radical (unpaired) electrons. The summed E-state index contributed by atoms with van der Waals surface area (Å²) in [7, 11) is 0. The first-order valence-corrected chi connectivity index (χ1v) is 9.78. The molecule has 0 saturated carbocycles. The number of nitrogens with two attached hydrogens (primary N) is 2. The molecule has 29 heavy (non-hydrogen) atoms. The molecule has 0 amide bonds. The molecule has 152 valence electrons. The monoisotopic (exact) mass is 392 g/mol. The van der Waals surface area contributed by atoms with Crippen molar-refractivity contribution in [3.63, 3.8) is 0 Å². The largest absolute Gasteiger partial charge is 0.491 e. The van der Waals surface area contributed by atoms with Gasteiger partial charge in [-0.25, -0.2) is 0 Å². The van der Waals surface area contributed by atoms with Crippen LogP contribution in [-0.2, 0) is 11.2 Å². The molecular formula is C23H28N4O2. The second kappa shape index (κ2) is 9.39. The van der Waals surface area contributed by atoms with Crippen LogP contribution < -0.4 is 16.2 Å². The number of aryl methyl sites for hydroxylation is 2. The maximum atomic E-state index is 6.08. The van der Waals surface area contributed by atoms with E-state index in [9.17, 15) is 0 Å². The van der Waals surface area contributed by atoms with Crippen molar-refractivity contribution in [2.75, 3.05) is 31.3 Å². The molecule has 6 nitrogen and oxygen atoms in total. The molecule has 4 N–H and O–H groups in total. The van der Waals surface area contributed by atoms with Gasteiger partial charge in [-0.1, -0.05) is 13.0 Å². The highest BCUT2D eigenvalue weighted by atomic mass is 16.5. The van der Waals surface area contributed by atoms with E-state index in [2.05, 4.69) is 16.9 Å². The van der Waals surface area contributed by atoms with E-state index < -0.39 is 0 Å². The first kappa shape index (κ1) is 20.6. The van der Waals surface area contributed by atoms with Crippen LogP contribution in [0.15, 0.2) is 36.4 Å². The van der Waals surface area contributed by atoms with Crippen molar-refractivity contribution in [2.45, 2.75) is 27.2 Å². The molecule has 0 aliphatic heterocycles. The number of pyridine rings is 2. The van der Waals surface area contributed by atoms with E-state index >= 15 is 0 Å². The zero-order chi connectivity index (χ0) is 20.8. The van der Waals surface area contributed by atoms with Crippen LogP contribution in [0.25, 0.3) is 17.0 Å². The predicted molar refractivity (Wildman–Crippen MR) is 119 cm³/mol. The van der Waals surface area contributed by atoms with Gasteiger partial charge in [-0.05, 0) is 56.7 Å². The number of aromatic nitrogens is 2. The third-order valence-electron chi connectivity index (χ3n) is 4.60. The minimum absolute atomic E-state index is 0.453. The Bertz CT molecular complexity index is 1030. The fourth-order valence-electron chi connectivity index (χ4n) is 3.26. The molecule has 2 heterocycles. The molecule has 3 rings (SSSR count). The molecule has 0 atom stereocenters. The van der Waals surface area contributed by atoms with E-state index in [-0.39, 0.29) is 0 Å². The zero-order valence-electron chi connectivity index (χ0n) is 17.2. The van der Waals surface area contributed by atoms with Crippen molar-refractivity contribution in [3.05, 3.63) is 59.1 Å². The molecule has 0 unspecified atom stereocenters. The highest BCUT2D eigenvalue weighted by Crippen LogP contribution is 2.25. The van der Waals surface area contributed by atoms with Crippen LogP contribution in [0.2, 0.25) is 0 Å². The number of nitrogen functional groups attached to an aromatic ring is 2. The van der Waals surface area contributed by atoms with Crippen LogP contribution in [-0.4, -0.2) is 29.8 Å². The lowest BCUT2D eigenvalue weighted by Gasteiger charge is -2.09. The van der Waals surface area contributed by atoms with E-state index in [0.717, 1.165) is 51.4 Å². The van der Waals surface area contributed by atoms with Gasteiger partial charge in [0.25, 0.3) is 0 Å². The Labute approximate surface area is 171 Å². The van der Waals surface area contributed by atoms with Crippen LogP contribution in [0.4, 0.5) is 11.4 Å². The maximum Gasteiger partial charge on any atom is 0.120 e. The minimum atomic E-state index is 0.453. The summed E-state index contributed by atoms with van der Waals surface area (Å²) in [5.74, 6) is 0.751. The Morgan fingerprint density at radius 3 is 2.52 bits per heavy atom. The van der Waals surface area contributed by atoms with Gasteiger partial charge >= 0.3 is 0 Å². The number of rotatable bonds is 8. The number of hydrogen-bond donors (Lipinski definition) is 2. The van der Waals surface area contributed by atoms with Gasteiger partial charge in [0.05, 0.1) is 24.4 Å². The summed E-state index contributed by atoms with van der Waals surface area (Å²) in [4.78, 5) is 9.03. The Morgan fingerprint density at radius 2 is 1.72 bits per heavy atom. The van der Waals surface area contributed by atoms with Crippen molar-refractivity contribution in [1.82, 2.24) is 9.97 Å². The lowest BCUT2D eigenvalue weighted by atomic mass is 10.1. The van der Waals surface area contributed by atoms with Crippen LogP contribution in [0, 0.1) is 13.8 Å². The maximum absolute atomic E-state index is 6.08. The van der Waals surface area contributed by atoms with Gasteiger partial charge in [0, 0.05) is 33.7 Å². The number of benzene rings is 1. The molecule has 3 aromatic rings. The molecule has 0 spiro atoms. The fourth-order valence-corrected chi connectivity index (χ4v) is 3.26. The van der Waals surface area contributed by atoms with Crippen molar-refractivity contribution in [1.29, 1.82) is 0 Å². The average molecular weight is 393 g/mol. The van der Waals surface area contributed by atoms with Crippen molar-refractivity contribution in [2.24, 2.45) is 0 Å². The first-order valence-electron chi connectivity index (χ1n) is 9.78. The van der Waals surface area contributed by atoms with E-state index in [1.165, 1.54) is 0 Å². The van der Waals surface area contributed by atoms with Crippen LogP contribution in [0.5, 0.6) is 5.75 Å². The second-order valence-electron chi connectivity index (χ2n) is 6.93. The van der Waals surface area contributed by atoms with E-state index in [4.69, 9.17) is 20.9 Å². The third kappa shape index (κ3) is 5.23. The molecule has 0 saturated heterocycles. The van der Waals surface area contributed by atoms with Crippen LogP contribution >= 0.6 is 0 Å². The summed E-state index contributed by atoms with van der Waals surface area (Å²) >= 11 is 0. The third-order valence-corrected chi connectivity index (χ3v) is 4.60. The highest BCUT2D eigenvalue weighted by molar-refractivity contribution is 5.91. The van der Waals surface area contributed by atoms with Crippen molar-refractivity contribution in [3.8, 4) is 5.75 Å². The van der Waals surface area contributed by atoms with Gasteiger partial charge in [0.1, 0.15) is 12.4 Å². The Morgan fingerprint density at radius 1 is 0.966 bits per heavy atom. The van der Waals surface area contributed by atoms with Gasteiger partial charge in [0.2, 0.25) is 0 Å². The summed E-state index contributed by atoms with van der Waals surface area (Å²) in [5, 5.41) is 0.897. The molecule has 6 heteroatoms. The zero-order valence-corrected chi connectivity index (χ0v) is 17.2. The van der Waals surface area contributed by atoms with Crippen molar-refractivity contribution < 1.29 is 9.47 Å². The minimum Gasteiger partial charge on any atom is -0.491 e.